The predicted octanol–water partition coefficient (Wildman–Crippen LogP) is 4.42. The number of pyridine rings is 1. The largest absolute Gasteiger partial charge is 0.338 e. The number of piperidine rings is 1. The average Bonchev–Trinajstić information content (AvgIpc) is 3.32. The number of carbonyl (C=O) groups excluding carboxylic acids is 1. The second kappa shape index (κ2) is 10.1. The number of nitrogens with zero attached hydrogens (tertiary/aromatic N) is 3. The number of hydrogen-bond donors (Lipinski definition) is 0. The number of sulfonamides is 1. The zero-order valence-corrected chi connectivity index (χ0v) is 22.1. The molecule has 0 aliphatic carbocycles. The lowest BCUT2D eigenvalue weighted by molar-refractivity contribution is 0.0750. The Kier molecular flexibility index (Phi) is 6.89. The van der Waals surface area contributed by atoms with Gasteiger partial charge in [-0.05, 0) is 73.9 Å². The van der Waals surface area contributed by atoms with Gasteiger partial charge in [0.25, 0.3) is 5.91 Å². The van der Waals surface area contributed by atoms with E-state index in [2.05, 4.69) is 16.8 Å². The molecular weight excluding hydrogens is 482 g/mol. The van der Waals surface area contributed by atoms with E-state index in [0.717, 1.165) is 36.0 Å². The molecule has 2 saturated heterocycles. The number of likely N-dealkylation sites (tertiary alicyclic amines) is 1. The lowest BCUT2D eigenvalue weighted by Gasteiger charge is -2.38. The lowest BCUT2D eigenvalue weighted by atomic mass is 9.78. The molecular formula is C30H31N3O3S. The number of aryl methyl sites for hydroxylation is 2. The molecule has 2 aromatic carbocycles. The van der Waals surface area contributed by atoms with E-state index >= 15 is 0 Å². The van der Waals surface area contributed by atoms with Gasteiger partial charge in [0.2, 0.25) is 10.0 Å². The molecule has 2 fully saturated rings. The molecule has 3 heterocycles. The Morgan fingerprint density at radius 3 is 2.35 bits per heavy atom. The fourth-order valence-electron chi connectivity index (χ4n) is 5.32. The molecule has 0 bridgehead atoms. The third-order valence-corrected chi connectivity index (χ3v) is 9.62. The van der Waals surface area contributed by atoms with Gasteiger partial charge in [-0.3, -0.25) is 9.78 Å². The van der Waals surface area contributed by atoms with Crippen molar-refractivity contribution in [1.29, 1.82) is 0 Å². The molecule has 2 aliphatic heterocycles. The Labute approximate surface area is 219 Å². The van der Waals surface area contributed by atoms with Gasteiger partial charge in [-0.15, -0.1) is 0 Å². The minimum absolute atomic E-state index is 0.0402. The molecule has 3 aromatic rings. The molecule has 1 aromatic heterocycles. The van der Waals surface area contributed by atoms with Crippen molar-refractivity contribution in [1.82, 2.24) is 14.2 Å². The van der Waals surface area contributed by atoms with E-state index in [9.17, 15) is 13.2 Å². The summed E-state index contributed by atoms with van der Waals surface area (Å²) in [6.07, 6.45) is 5.66. The van der Waals surface area contributed by atoms with E-state index in [1.165, 1.54) is 0 Å². The number of rotatable bonds is 3. The maximum atomic E-state index is 13.3. The second-order valence-corrected chi connectivity index (χ2v) is 12.1. The van der Waals surface area contributed by atoms with Gasteiger partial charge in [0.15, 0.2) is 0 Å². The van der Waals surface area contributed by atoms with Crippen molar-refractivity contribution in [2.45, 2.75) is 38.0 Å². The van der Waals surface area contributed by atoms with Crippen molar-refractivity contribution in [2.75, 3.05) is 26.2 Å². The third kappa shape index (κ3) is 5.31. The monoisotopic (exact) mass is 513 g/mol. The fourth-order valence-corrected chi connectivity index (χ4v) is 7.07. The Balaban J connectivity index is 1.24. The smallest absolute Gasteiger partial charge is 0.255 e. The number of aromatic nitrogens is 1. The highest BCUT2D eigenvalue weighted by Crippen LogP contribution is 2.42. The maximum absolute atomic E-state index is 13.3. The van der Waals surface area contributed by atoms with Crippen LogP contribution in [0.3, 0.4) is 0 Å². The SMILES string of the molecule is Cc1ccc(C)c(S(=O)(=O)N2CCC3(CCN(C(=O)c4cncc(C#Cc5ccccc5)c4)C3)CC2)c1. The van der Waals surface area contributed by atoms with E-state index < -0.39 is 10.0 Å². The maximum Gasteiger partial charge on any atom is 0.255 e. The van der Waals surface area contributed by atoms with E-state index in [-0.39, 0.29) is 11.3 Å². The van der Waals surface area contributed by atoms with Crippen LogP contribution in [0, 0.1) is 31.1 Å². The molecule has 190 valence electrons. The van der Waals surface area contributed by atoms with Crippen LogP contribution in [0.25, 0.3) is 0 Å². The minimum Gasteiger partial charge on any atom is -0.338 e. The molecule has 37 heavy (non-hydrogen) atoms. The van der Waals surface area contributed by atoms with Gasteiger partial charge >= 0.3 is 0 Å². The molecule has 0 radical (unpaired) electrons. The van der Waals surface area contributed by atoms with Gasteiger partial charge in [-0.1, -0.05) is 42.2 Å². The summed E-state index contributed by atoms with van der Waals surface area (Å²) in [6, 6.07) is 17.1. The van der Waals surface area contributed by atoms with Crippen LogP contribution in [-0.4, -0.2) is 54.7 Å². The Bertz CT molecular complexity index is 1480. The van der Waals surface area contributed by atoms with Gasteiger partial charge < -0.3 is 4.90 Å². The summed E-state index contributed by atoms with van der Waals surface area (Å²) in [6.45, 7) is 6.02. The molecule has 1 spiro atoms. The van der Waals surface area contributed by atoms with E-state index in [4.69, 9.17) is 0 Å². The van der Waals surface area contributed by atoms with Crippen molar-refractivity contribution >= 4 is 15.9 Å². The van der Waals surface area contributed by atoms with E-state index in [0.29, 0.717) is 42.2 Å². The van der Waals surface area contributed by atoms with Gasteiger partial charge in [-0.25, -0.2) is 8.42 Å². The topological polar surface area (TPSA) is 70.6 Å². The average molecular weight is 514 g/mol. The second-order valence-electron chi connectivity index (χ2n) is 10.2. The standard InChI is InChI=1S/C30H31N3O3S/c1-23-8-9-24(2)28(18-23)37(35,36)33-16-13-30(14-17-33)12-15-32(22-30)29(34)27-19-26(20-31-21-27)11-10-25-6-4-3-5-7-25/h3-9,18-21H,12-17,22H2,1-2H3. The first-order chi connectivity index (χ1) is 17.8. The van der Waals surface area contributed by atoms with Crippen molar-refractivity contribution in [3.05, 3.63) is 94.8 Å². The Morgan fingerprint density at radius 2 is 1.59 bits per heavy atom. The highest BCUT2D eigenvalue weighted by molar-refractivity contribution is 7.89. The van der Waals surface area contributed by atoms with Crippen LogP contribution in [0.15, 0.2) is 71.9 Å². The summed E-state index contributed by atoms with van der Waals surface area (Å²) < 4.78 is 28.3. The summed E-state index contributed by atoms with van der Waals surface area (Å²) in [5.41, 5.74) is 3.81. The Morgan fingerprint density at radius 1 is 0.892 bits per heavy atom. The van der Waals surface area contributed by atoms with Crippen LogP contribution in [0.4, 0.5) is 0 Å². The first-order valence-electron chi connectivity index (χ1n) is 12.6. The summed E-state index contributed by atoms with van der Waals surface area (Å²) in [4.78, 5) is 19.8. The molecule has 0 N–H and O–H groups in total. The summed E-state index contributed by atoms with van der Waals surface area (Å²) >= 11 is 0. The Hall–Kier alpha value is -3.47. The number of carbonyl (C=O) groups is 1. The first-order valence-corrected chi connectivity index (χ1v) is 14.1. The van der Waals surface area contributed by atoms with Gasteiger partial charge in [0.05, 0.1) is 10.5 Å². The van der Waals surface area contributed by atoms with Gasteiger partial charge in [-0.2, -0.15) is 4.31 Å². The third-order valence-electron chi connectivity index (χ3n) is 7.58. The highest BCUT2D eigenvalue weighted by Gasteiger charge is 2.44. The van der Waals surface area contributed by atoms with Crippen molar-refractivity contribution < 1.29 is 13.2 Å². The lowest BCUT2D eigenvalue weighted by Crippen LogP contribution is -2.44. The first kappa shape index (κ1) is 25.2. The van der Waals surface area contributed by atoms with Crippen molar-refractivity contribution in [2.24, 2.45) is 5.41 Å². The minimum atomic E-state index is -3.53. The predicted molar refractivity (Wildman–Crippen MR) is 144 cm³/mol. The van der Waals surface area contributed by atoms with E-state index in [1.807, 2.05) is 61.2 Å². The number of hydrogen-bond acceptors (Lipinski definition) is 4. The van der Waals surface area contributed by atoms with Crippen LogP contribution in [0.2, 0.25) is 0 Å². The van der Waals surface area contributed by atoms with Gasteiger partial charge in [0.1, 0.15) is 0 Å². The highest BCUT2D eigenvalue weighted by atomic mass is 32.2. The van der Waals surface area contributed by atoms with Crippen LogP contribution < -0.4 is 0 Å². The molecule has 7 heteroatoms. The summed E-state index contributed by atoms with van der Waals surface area (Å²) in [5.74, 6) is 6.16. The molecule has 5 rings (SSSR count). The molecule has 6 nitrogen and oxygen atoms in total. The van der Waals surface area contributed by atoms with Crippen LogP contribution >= 0.6 is 0 Å². The van der Waals surface area contributed by atoms with E-state index in [1.54, 1.807) is 28.8 Å². The fraction of sp³-hybridized carbons (Fsp3) is 0.333. The van der Waals surface area contributed by atoms with Crippen LogP contribution in [0.1, 0.15) is 51.9 Å². The molecule has 0 saturated carbocycles. The molecule has 0 atom stereocenters. The van der Waals surface area contributed by atoms with Crippen molar-refractivity contribution in [3.63, 3.8) is 0 Å². The summed E-state index contributed by atoms with van der Waals surface area (Å²) in [7, 11) is -3.53. The number of benzene rings is 2. The van der Waals surface area contributed by atoms with Crippen LogP contribution in [-0.2, 0) is 10.0 Å². The normalized spacial score (nSPS) is 17.4. The zero-order valence-electron chi connectivity index (χ0n) is 21.3. The van der Waals surface area contributed by atoms with Crippen molar-refractivity contribution in [3.8, 4) is 11.8 Å². The van der Waals surface area contributed by atoms with Crippen LogP contribution in [0.5, 0.6) is 0 Å². The summed E-state index contributed by atoms with van der Waals surface area (Å²) in [5, 5.41) is 0. The zero-order chi connectivity index (χ0) is 26.0. The number of amides is 1. The van der Waals surface area contributed by atoms with Gasteiger partial charge in [0, 0.05) is 49.7 Å². The molecule has 1 amide bonds. The molecule has 0 unspecified atom stereocenters. The molecule has 2 aliphatic rings. The quantitative estimate of drug-likeness (QED) is 0.487.